The van der Waals surface area contributed by atoms with Crippen LogP contribution in [0.25, 0.3) is 16.9 Å². The molecule has 5 aromatic rings. The molecule has 0 radical (unpaired) electrons. The quantitative estimate of drug-likeness (QED) is 0.277. The number of nitrogens with zero attached hydrogens (tertiary/aromatic N) is 4. The Kier molecular flexibility index (Phi) is 6.45. The van der Waals surface area contributed by atoms with Gasteiger partial charge < -0.3 is 10.1 Å². The maximum atomic E-state index is 13.5. The Bertz CT molecular complexity index is 1440. The molecule has 174 valence electrons. The molecule has 0 bridgehead atoms. The number of para-hydroxylation sites is 1. The van der Waals surface area contributed by atoms with Crippen LogP contribution in [0.15, 0.2) is 102 Å². The molecule has 5 rings (SSSR count). The lowest BCUT2D eigenvalue weighted by Gasteiger charge is -2.07. The highest BCUT2D eigenvalue weighted by Gasteiger charge is 2.23. The highest BCUT2D eigenvalue weighted by Crippen LogP contribution is 2.28. The van der Waals surface area contributed by atoms with Crippen molar-refractivity contribution in [2.45, 2.75) is 13.7 Å². The van der Waals surface area contributed by atoms with Crippen molar-refractivity contribution < 1.29 is 9.53 Å². The van der Waals surface area contributed by atoms with Crippen LogP contribution in [0.5, 0.6) is 5.75 Å². The molecule has 2 aromatic heterocycles. The Morgan fingerprint density at radius 1 is 0.971 bits per heavy atom. The summed E-state index contributed by atoms with van der Waals surface area (Å²) in [4.78, 5) is 13.5. The standard InChI is InChI=1S/C27H22BrN5O2/c1-19-25(26(20-8-4-2-5-9-20)31-33(19)23-10-6-3-7-11-23)27(34)30-22-16-29-32(17-22)18-35-24-14-12-21(28)13-15-24/h2-17H,18H2,1H3,(H,30,34). The third kappa shape index (κ3) is 5.02. The van der Waals surface area contributed by atoms with Gasteiger partial charge in [-0.25, -0.2) is 9.36 Å². The van der Waals surface area contributed by atoms with E-state index in [2.05, 4.69) is 26.3 Å². The predicted molar refractivity (Wildman–Crippen MR) is 139 cm³/mol. The van der Waals surface area contributed by atoms with E-state index in [0.717, 1.165) is 27.2 Å². The maximum Gasteiger partial charge on any atom is 0.259 e. The van der Waals surface area contributed by atoms with Crippen LogP contribution in [-0.4, -0.2) is 25.5 Å². The zero-order valence-corrected chi connectivity index (χ0v) is 20.5. The number of carbonyl (C=O) groups excluding carboxylic acids is 1. The van der Waals surface area contributed by atoms with Crippen LogP contribution in [0.3, 0.4) is 0 Å². The van der Waals surface area contributed by atoms with Crippen LogP contribution in [-0.2, 0) is 6.73 Å². The van der Waals surface area contributed by atoms with Crippen molar-refractivity contribution in [3.05, 3.63) is 113 Å². The van der Waals surface area contributed by atoms with Gasteiger partial charge in [-0.3, -0.25) is 4.79 Å². The van der Waals surface area contributed by atoms with Crippen LogP contribution < -0.4 is 10.1 Å². The van der Waals surface area contributed by atoms with Gasteiger partial charge in [0.05, 0.1) is 35.0 Å². The third-order valence-corrected chi connectivity index (χ3v) is 5.99. The van der Waals surface area contributed by atoms with E-state index in [-0.39, 0.29) is 12.6 Å². The van der Waals surface area contributed by atoms with Gasteiger partial charge in [0, 0.05) is 10.0 Å². The second-order valence-corrected chi connectivity index (χ2v) is 8.79. The molecule has 0 fully saturated rings. The largest absolute Gasteiger partial charge is 0.471 e. The molecule has 0 saturated heterocycles. The molecule has 35 heavy (non-hydrogen) atoms. The third-order valence-electron chi connectivity index (χ3n) is 5.46. The van der Waals surface area contributed by atoms with Crippen LogP contribution in [0.4, 0.5) is 5.69 Å². The van der Waals surface area contributed by atoms with Gasteiger partial charge in [0.25, 0.3) is 5.91 Å². The highest BCUT2D eigenvalue weighted by molar-refractivity contribution is 9.10. The van der Waals surface area contributed by atoms with Crippen LogP contribution in [0.2, 0.25) is 0 Å². The summed E-state index contributed by atoms with van der Waals surface area (Å²) in [5.41, 5.74) is 4.21. The van der Waals surface area contributed by atoms with Crippen molar-refractivity contribution in [2.24, 2.45) is 0 Å². The fourth-order valence-electron chi connectivity index (χ4n) is 3.76. The Morgan fingerprint density at radius 3 is 2.37 bits per heavy atom. The summed E-state index contributed by atoms with van der Waals surface area (Å²) in [7, 11) is 0. The molecule has 0 atom stereocenters. The number of ether oxygens (including phenoxy) is 1. The molecule has 0 spiro atoms. The molecule has 0 aliphatic heterocycles. The van der Waals surface area contributed by atoms with Gasteiger partial charge in [-0.1, -0.05) is 64.5 Å². The molecule has 2 heterocycles. The summed E-state index contributed by atoms with van der Waals surface area (Å²) < 4.78 is 10.2. The van der Waals surface area contributed by atoms with E-state index in [9.17, 15) is 4.79 Å². The number of benzene rings is 3. The van der Waals surface area contributed by atoms with Crippen LogP contribution in [0, 0.1) is 6.92 Å². The number of rotatable bonds is 7. The molecule has 0 saturated carbocycles. The van der Waals surface area contributed by atoms with Crippen LogP contribution in [0.1, 0.15) is 16.1 Å². The van der Waals surface area contributed by atoms with Gasteiger partial charge >= 0.3 is 0 Å². The second-order valence-electron chi connectivity index (χ2n) is 7.87. The minimum atomic E-state index is -0.253. The number of carbonyl (C=O) groups is 1. The minimum Gasteiger partial charge on any atom is -0.471 e. The van der Waals surface area contributed by atoms with E-state index >= 15 is 0 Å². The molecule has 0 aliphatic carbocycles. The average molecular weight is 528 g/mol. The molecule has 1 amide bonds. The zero-order chi connectivity index (χ0) is 24.2. The molecule has 7 nitrogen and oxygen atoms in total. The molecule has 0 aliphatic rings. The van der Waals surface area contributed by atoms with Gasteiger partial charge in [-0.15, -0.1) is 0 Å². The number of nitrogens with one attached hydrogen (secondary N) is 1. The lowest BCUT2D eigenvalue weighted by molar-refractivity contribution is 0.102. The minimum absolute atomic E-state index is 0.220. The maximum absolute atomic E-state index is 13.5. The Balaban J connectivity index is 1.39. The van der Waals surface area contributed by atoms with Crippen molar-refractivity contribution >= 4 is 27.5 Å². The topological polar surface area (TPSA) is 74.0 Å². The first-order valence-electron chi connectivity index (χ1n) is 11.0. The number of amides is 1. The monoisotopic (exact) mass is 527 g/mol. The lowest BCUT2D eigenvalue weighted by atomic mass is 10.1. The number of aromatic nitrogens is 4. The van der Waals surface area contributed by atoms with Crippen molar-refractivity contribution in [1.82, 2.24) is 19.6 Å². The summed E-state index contributed by atoms with van der Waals surface area (Å²) in [5.74, 6) is 0.475. The molecular formula is C27H22BrN5O2. The van der Waals surface area contributed by atoms with E-state index in [1.807, 2.05) is 91.9 Å². The molecule has 1 N–H and O–H groups in total. The summed E-state index contributed by atoms with van der Waals surface area (Å²) in [6.45, 7) is 2.12. The summed E-state index contributed by atoms with van der Waals surface area (Å²) in [6, 6.07) is 27.0. The summed E-state index contributed by atoms with van der Waals surface area (Å²) in [6.07, 6.45) is 3.33. The van der Waals surface area contributed by atoms with Gasteiger partial charge in [-0.05, 0) is 43.3 Å². The second kappa shape index (κ2) is 9.99. The van der Waals surface area contributed by atoms with E-state index in [1.165, 1.54) is 0 Å². The number of hydrogen-bond acceptors (Lipinski definition) is 4. The molecular weight excluding hydrogens is 506 g/mol. The van der Waals surface area contributed by atoms with Gasteiger partial charge in [0.15, 0.2) is 6.73 Å². The predicted octanol–water partition coefficient (Wildman–Crippen LogP) is 6.10. The Labute approximate surface area is 211 Å². The normalized spacial score (nSPS) is 10.8. The first-order chi connectivity index (χ1) is 17.1. The fourth-order valence-corrected chi connectivity index (χ4v) is 4.02. The van der Waals surface area contributed by atoms with Crippen LogP contribution >= 0.6 is 15.9 Å². The molecule has 0 unspecified atom stereocenters. The fraction of sp³-hybridized carbons (Fsp3) is 0.0741. The van der Waals surface area contributed by atoms with E-state index in [4.69, 9.17) is 9.84 Å². The molecule has 8 heteroatoms. The highest BCUT2D eigenvalue weighted by atomic mass is 79.9. The average Bonchev–Trinajstić information content (AvgIpc) is 3.48. The molecule has 3 aromatic carbocycles. The first kappa shape index (κ1) is 22.6. The van der Waals surface area contributed by atoms with E-state index in [0.29, 0.717) is 16.9 Å². The van der Waals surface area contributed by atoms with E-state index in [1.54, 1.807) is 21.8 Å². The number of anilines is 1. The first-order valence-corrected chi connectivity index (χ1v) is 11.8. The smallest absolute Gasteiger partial charge is 0.259 e. The van der Waals surface area contributed by atoms with Crippen molar-refractivity contribution in [3.63, 3.8) is 0 Å². The van der Waals surface area contributed by atoms with Gasteiger partial charge in [0.2, 0.25) is 0 Å². The van der Waals surface area contributed by atoms with Gasteiger partial charge in [0.1, 0.15) is 11.4 Å². The Hall–Kier alpha value is -4.17. The van der Waals surface area contributed by atoms with Crippen molar-refractivity contribution in [3.8, 4) is 22.7 Å². The zero-order valence-electron chi connectivity index (χ0n) is 18.9. The number of halogens is 1. The lowest BCUT2D eigenvalue weighted by Crippen LogP contribution is -2.14. The van der Waals surface area contributed by atoms with Gasteiger partial charge in [-0.2, -0.15) is 10.2 Å². The number of hydrogen-bond donors (Lipinski definition) is 1. The Morgan fingerprint density at radius 2 is 1.66 bits per heavy atom. The SMILES string of the molecule is Cc1c(C(=O)Nc2cnn(COc3ccc(Br)cc3)c2)c(-c2ccccc2)nn1-c1ccccc1. The van der Waals surface area contributed by atoms with Crippen molar-refractivity contribution in [1.29, 1.82) is 0 Å². The van der Waals surface area contributed by atoms with Crippen molar-refractivity contribution in [2.75, 3.05) is 5.32 Å². The van der Waals surface area contributed by atoms with E-state index < -0.39 is 0 Å². The summed E-state index contributed by atoms with van der Waals surface area (Å²) in [5, 5.41) is 12.1. The summed E-state index contributed by atoms with van der Waals surface area (Å²) >= 11 is 3.41.